The van der Waals surface area contributed by atoms with Crippen molar-refractivity contribution in [2.45, 2.75) is 13.5 Å². The second-order valence-corrected chi connectivity index (χ2v) is 3.60. The lowest BCUT2D eigenvalue weighted by molar-refractivity contribution is 0.0693. The fourth-order valence-electron chi connectivity index (χ4n) is 1.82. The van der Waals surface area contributed by atoms with Gasteiger partial charge in [0.2, 0.25) is 0 Å². The Morgan fingerprint density at radius 1 is 1.56 bits per heavy atom. The van der Waals surface area contributed by atoms with Crippen molar-refractivity contribution in [2.24, 2.45) is 0 Å². The summed E-state index contributed by atoms with van der Waals surface area (Å²) in [5.74, 6) is -0.279. The molecule has 2 N–H and O–H groups in total. The minimum atomic E-state index is -0.995. The average molecular weight is 219 g/mol. The number of fused-ring (bicyclic) bond motifs is 1. The lowest BCUT2D eigenvalue weighted by atomic mass is 10.3. The van der Waals surface area contributed by atoms with Crippen molar-refractivity contribution in [1.29, 1.82) is 0 Å². The van der Waals surface area contributed by atoms with Crippen LogP contribution in [0.15, 0.2) is 18.2 Å². The van der Waals surface area contributed by atoms with Crippen molar-refractivity contribution < 1.29 is 9.90 Å². The summed E-state index contributed by atoms with van der Waals surface area (Å²) in [5.41, 5.74) is 1.72. The van der Waals surface area contributed by atoms with Gasteiger partial charge in [-0.1, -0.05) is 6.07 Å². The molecule has 0 aromatic carbocycles. The largest absolute Gasteiger partial charge is 0.476 e. The van der Waals surface area contributed by atoms with Gasteiger partial charge in [-0.2, -0.15) is 0 Å². The smallest absolute Gasteiger partial charge is 0.356 e. The number of nitrogens with zero attached hydrogens (tertiary/aromatic N) is 2. The molecule has 0 aliphatic carbocycles. The molecule has 0 radical (unpaired) electrons. The summed E-state index contributed by atoms with van der Waals surface area (Å²) >= 11 is 0. The van der Waals surface area contributed by atoms with E-state index in [1.54, 1.807) is 13.1 Å². The maximum absolute atomic E-state index is 11.0. The highest BCUT2D eigenvalue weighted by atomic mass is 16.4. The zero-order valence-electron chi connectivity index (χ0n) is 9.19. The minimum absolute atomic E-state index is 0.106. The van der Waals surface area contributed by atoms with Crippen LogP contribution in [0.25, 0.3) is 5.52 Å². The zero-order chi connectivity index (χ0) is 11.7. The van der Waals surface area contributed by atoms with E-state index in [0.29, 0.717) is 17.9 Å². The SMILES string of the molecule is CNCc1nc(C(=O)O)c2cccc(C)n12. The highest BCUT2D eigenvalue weighted by Gasteiger charge is 2.16. The fourth-order valence-corrected chi connectivity index (χ4v) is 1.82. The summed E-state index contributed by atoms with van der Waals surface area (Å²) in [6.07, 6.45) is 0. The molecule has 0 aliphatic heterocycles. The monoisotopic (exact) mass is 219 g/mol. The third kappa shape index (κ3) is 1.55. The molecule has 0 atom stereocenters. The molecule has 0 spiro atoms. The van der Waals surface area contributed by atoms with Crippen LogP contribution in [0.4, 0.5) is 0 Å². The molecule has 0 unspecified atom stereocenters. The van der Waals surface area contributed by atoms with Crippen LogP contribution in [0.2, 0.25) is 0 Å². The first-order chi connectivity index (χ1) is 7.65. The van der Waals surface area contributed by atoms with Crippen molar-refractivity contribution in [3.05, 3.63) is 35.4 Å². The van der Waals surface area contributed by atoms with Crippen molar-refractivity contribution >= 4 is 11.5 Å². The number of nitrogens with one attached hydrogen (secondary N) is 1. The van der Waals surface area contributed by atoms with Crippen LogP contribution < -0.4 is 5.32 Å². The van der Waals surface area contributed by atoms with E-state index in [1.807, 2.05) is 23.5 Å². The summed E-state index contributed by atoms with van der Waals surface area (Å²) in [7, 11) is 1.81. The number of hydrogen-bond acceptors (Lipinski definition) is 3. The molecule has 2 heterocycles. The van der Waals surface area contributed by atoms with Gasteiger partial charge in [0.1, 0.15) is 5.82 Å². The molecule has 84 valence electrons. The molecule has 2 aromatic rings. The van der Waals surface area contributed by atoms with E-state index in [-0.39, 0.29) is 5.69 Å². The molecular weight excluding hydrogens is 206 g/mol. The predicted octanol–water partition coefficient (Wildman–Crippen LogP) is 1.06. The van der Waals surface area contributed by atoms with Crippen LogP contribution >= 0.6 is 0 Å². The maximum atomic E-state index is 11.0. The first-order valence-corrected chi connectivity index (χ1v) is 5.00. The number of aromatic nitrogens is 2. The molecule has 2 aromatic heterocycles. The quantitative estimate of drug-likeness (QED) is 0.810. The lowest BCUT2D eigenvalue weighted by Gasteiger charge is -2.03. The number of carboxylic acid groups (broad SMARTS) is 1. The molecule has 2 rings (SSSR count). The van der Waals surface area contributed by atoms with E-state index >= 15 is 0 Å². The van der Waals surface area contributed by atoms with Crippen molar-refractivity contribution in [1.82, 2.24) is 14.7 Å². The van der Waals surface area contributed by atoms with Gasteiger partial charge in [-0.3, -0.25) is 4.40 Å². The van der Waals surface area contributed by atoms with Crippen LogP contribution in [0.3, 0.4) is 0 Å². The Hall–Kier alpha value is -1.88. The van der Waals surface area contributed by atoms with Crippen LogP contribution in [0, 0.1) is 6.92 Å². The van der Waals surface area contributed by atoms with E-state index in [2.05, 4.69) is 10.3 Å². The zero-order valence-corrected chi connectivity index (χ0v) is 9.19. The molecule has 0 amide bonds. The number of carboxylic acids is 1. The lowest BCUT2D eigenvalue weighted by Crippen LogP contribution is -2.09. The number of aryl methyl sites for hydroxylation is 1. The number of pyridine rings is 1. The summed E-state index contributed by atoms with van der Waals surface area (Å²) in [5, 5.41) is 12.0. The third-order valence-electron chi connectivity index (χ3n) is 2.46. The number of hydrogen-bond donors (Lipinski definition) is 2. The van der Waals surface area contributed by atoms with E-state index in [9.17, 15) is 4.79 Å². The second-order valence-electron chi connectivity index (χ2n) is 3.60. The van der Waals surface area contributed by atoms with Gasteiger partial charge in [-0.25, -0.2) is 9.78 Å². The van der Waals surface area contributed by atoms with Crippen LogP contribution in [-0.2, 0) is 6.54 Å². The van der Waals surface area contributed by atoms with Crippen molar-refractivity contribution in [3.8, 4) is 0 Å². The molecule has 5 nitrogen and oxygen atoms in total. The standard InChI is InChI=1S/C11H13N3O2/c1-7-4-3-5-8-10(11(15)16)13-9(6-12-2)14(7)8/h3-5,12H,6H2,1-2H3,(H,15,16). The van der Waals surface area contributed by atoms with Gasteiger partial charge in [0.25, 0.3) is 0 Å². The van der Waals surface area contributed by atoms with Crippen molar-refractivity contribution in [3.63, 3.8) is 0 Å². The third-order valence-corrected chi connectivity index (χ3v) is 2.46. The molecule has 0 aliphatic rings. The summed E-state index contributed by atoms with van der Waals surface area (Å²) in [6, 6.07) is 5.53. The molecule has 16 heavy (non-hydrogen) atoms. The van der Waals surface area contributed by atoms with E-state index in [4.69, 9.17) is 5.11 Å². The highest BCUT2D eigenvalue weighted by molar-refractivity contribution is 5.93. The Balaban J connectivity index is 2.76. The Morgan fingerprint density at radius 3 is 2.94 bits per heavy atom. The summed E-state index contributed by atoms with van der Waals surface area (Å²) in [4.78, 5) is 15.2. The van der Waals surface area contributed by atoms with Crippen molar-refractivity contribution in [2.75, 3.05) is 7.05 Å². The van der Waals surface area contributed by atoms with Gasteiger partial charge in [0, 0.05) is 5.69 Å². The van der Waals surface area contributed by atoms with Gasteiger partial charge < -0.3 is 10.4 Å². The molecular formula is C11H13N3O2. The Labute approximate surface area is 92.7 Å². The normalized spacial score (nSPS) is 10.9. The number of aromatic carboxylic acids is 1. The molecule has 0 saturated heterocycles. The fraction of sp³-hybridized carbons (Fsp3) is 0.273. The van der Waals surface area contributed by atoms with E-state index < -0.39 is 5.97 Å². The number of carbonyl (C=O) groups is 1. The van der Waals surface area contributed by atoms with Crippen LogP contribution in [0.1, 0.15) is 22.0 Å². The average Bonchev–Trinajstić information content (AvgIpc) is 2.59. The Morgan fingerprint density at radius 2 is 2.31 bits per heavy atom. The van der Waals surface area contributed by atoms with Gasteiger partial charge in [-0.05, 0) is 26.1 Å². The van der Waals surface area contributed by atoms with Crippen LogP contribution in [0.5, 0.6) is 0 Å². The van der Waals surface area contributed by atoms with E-state index in [1.165, 1.54) is 0 Å². The van der Waals surface area contributed by atoms with Gasteiger partial charge in [0.15, 0.2) is 5.69 Å². The topological polar surface area (TPSA) is 66.6 Å². The van der Waals surface area contributed by atoms with Gasteiger partial charge in [-0.15, -0.1) is 0 Å². The van der Waals surface area contributed by atoms with Gasteiger partial charge in [0.05, 0.1) is 12.1 Å². The summed E-state index contributed by atoms with van der Waals surface area (Å²) in [6.45, 7) is 2.47. The first kappa shape index (κ1) is 10.6. The van der Waals surface area contributed by atoms with E-state index in [0.717, 1.165) is 5.69 Å². The number of rotatable bonds is 3. The molecule has 0 saturated carbocycles. The molecule has 0 bridgehead atoms. The van der Waals surface area contributed by atoms with Crippen LogP contribution in [-0.4, -0.2) is 27.5 Å². The van der Waals surface area contributed by atoms with Gasteiger partial charge >= 0.3 is 5.97 Å². The first-order valence-electron chi connectivity index (χ1n) is 5.00. The Bertz CT molecular complexity index is 545. The highest BCUT2D eigenvalue weighted by Crippen LogP contribution is 2.15. The minimum Gasteiger partial charge on any atom is -0.476 e. The number of imidazole rings is 1. The predicted molar refractivity (Wildman–Crippen MR) is 59.7 cm³/mol. The summed E-state index contributed by atoms with van der Waals surface area (Å²) < 4.78 is 1.86. The maximum Gasteiger partial charge on any atom is 0.356 e. The molecule has 5 heteroatoms. The molecule has 0 fully saturated rings. The Kier molecular flexibility index (Phi) is 2.62. The second kappa shape index (κ2) is 3.94.